The third kappa shape index (κ3) is 8.85. The predicted octanol–water partition coefficient (Wildman–Crippen LogP) is 9.28. The molecule has 3 aromatic rings. The van der Waals surface area contributed by atoms with Gasteiger partial charge in [-0.1, -0.05) is 84.5 Å². The molecule has 2 aliphatic rings. The standard InChI is InChI=1S/C22H24N.C13H20O2.Ir/c1-15-10-16(2)12-17(11-15)21-13-18(14-22(3,4)5)19-8-6-7-9-20(19)23-21;14-12(10-5-1-2-6-10)9-13(15)11-7-3-4-8-11;/h6-11,13H,14H2,1-5H3;9-11,14H,1-8H2;/q-1;;/b;12-9-;/i3D3;;. The van der Waals surface area contributed by atoms with Gasteiger partial charge in [-0.2, -0.15) is 0 Å². The maximum absolute atomic E-state index is 11.8. The molecule has 2 saturated carbocycles. The predicted molar refractivity (Wildman–Crippen MR) is 158 cm³/mol. The molecule has 1 radical (unpaired) electrons. The maximum Gasteiger partial charge on any atom is 0.162 e. The molecule has 2 aromatic carbocycles. The van der Waals surface area contributed by atoms with Gasteiger partial charge in [0.25, 0.3) is 0 Å². The van der Waals surface area contributed by atoms with E-state index in [0.717, 1.165) is 64.5 Å². The number of benzene rings is 2. The third-order valence-corrected chi connectivity index (χ3v) is 7.68. The number of ketones is 1. The van der Waals surface area contributed by atoms with Crippen molar-refractivity contribution < 1.29 is 34.1 Å². The molecule has 1 N–H and O–H groups in total. The molecule has 2 fully saturated rings. The average Bonchev–Trinajstić information content (AvgIpc) is 3.63. The van der Waals surface area contributed by atoms with Crippen LogP contribution in [0.5, 0.6) is 0 Å². The first kappa shape index (κ1) is 26.9. The minimum absolute atomic E-state index is 0. The van der Waals surface area contributed by atoms with Crippen molar-refractivity contribution in [3.05, 3.63) is 77.1 Å². The van der Waals surface area contributed by atoms with Crippen LogP contribution in [0.3, 0.4) is 0 Å². The Morgan fingerprint density at radius 1 is 1.05 bits per heavy atom. The van der Waals surface area contributed by atoms with E-state index in [1.165, 1.54) is 31.8 Å². The minimum Gasteiger partial charge on any atom is -0.512 e. The van der Waals surface area contributed by atoms with Gasteiger partial charge in [-0.3, -0.25) is 9.78 Å². The molecule has 0 saturated heterocycles. The molecule has 3 nitrogen and oxygen atoms in total. The number of pyridine rings is 1. The average molecular weight is 706 g/mol. The van der Waals surface area contributed by atoms with Crippen LogP contribution in [-0.4, -0.2) is 15.9 Å². The number of carbonyl (C=O) groups excluding carboxylic acids is 1. The fourth-order valence-corrected chi connectivity index (χ4v) is 5.85. The summed E-state index contributed by atoms with van der Waals surface area (Å²) in [6, 6.07) is 17.5. The Morgan fingerprint density at radius 2 is 1.69 bits per heavy atom. The molecule has 2 aliphatic carbocycles. The van der Waals surface area contributed by atoms with Crippen LogP contribution in [-0.2, 0) is 31.3 Å². The van der Waals surface area contributed by atoms with E-state index in [1.54, 1.807) is 13.8 Å². The molecule has 1 heterocycles. The van der Waals surface area contributed by atoms with Gasteiger partial charge in [-0.05, 0) is 54.8 Å². The monoisotopic (exact) mass is 706 g/mol. The number of aryl methyl sites for hydroxylation is 2. The fourth-order valence-electron chi connectivity index (χ4n) is 5.85. The summed E-state index contributed by atoms with van der Waals surface area (Å²) in [4.78, 5) is 16.6. The summed E-state index contributed by atoms with van der Waals surface area (Å²) in [5.74, 6) is 0.991. The molecule has 5 rings (SSSR count). The molecular formula is C35H44IrNO2-. The number of nitrogens with zero attached hydrogens (tertiary/aromatic N) is 1. The van der Waals surface area contributed by atoms with E-state index in [2.05, 4.69) is 25.1 Å². The molecule has 4 heteroatoms. The van der Waals surface area contributed by atoms with Gasteiger partial charge in [0.1, 0.15) is 0 Å². The summed E-state index contributed by atoms with van der Waals surface area (Å²) in [5.41, 5.74) is 5.09. The molecule has 211 valence electrons. The van der Waals surface area contributed by atoms with Crippen LogP contribution in [0.2, 0.25) is 0 Å². The van der Waals surface area contributed by atoms with E-state index >= 15 is 0 Å². The summed E-state index contributed by atoms with van der Waals surface area (Å²) < 4.78 is 23.6. The smallest absolute Gasteiger partial charge is 0.162 e. The van der Waals surface area contributed by atoms with Crippen molar-refractivity contribution in [1.82, 2.24) is 4.98 Å². The number of aromatic nitrogens is 1. The normalized spacial score (nSPS) is 18.1. The SMILES string of the molecule is O=C(/C=C(\O)C1CCCC1)C1CCCC1.[2H]C([2H])([2H])C(C)(C)Cc1cc(-c2[c-]c(C)cc(C)c2)nc2ccccc12.[Ir]. The number of allylic oxidation sites excluding steroid dienone is 2. The van der Waals surface area contributed by atoms with Gasteiger partial charge >= 0.3 is 0 Å². The zero-order valence-corrected chi connectivity index (χ0v) is 26.2. The fraction of sp³-hybridized carbons (Fsp3) is 0.486. The molecular weight excluding hydrogens is 659 g/mol. The van der Waals surface area contributed by atoms with Crippen molar-refractivity contribution in [2.75, 3.05) is 0 Å². The van der Waals surface area contributed by atoms with Crippen molar-refractivity contribution in [1.29, 1.82) is 0 Å². The first-order valence-electron chi connectivity index (χ1n) is 15.7. The Balaban J connectivity index is 0.000000258. The molecule has 1 aromatic heterocycles. The van der Waals surface area contributed by atoms with E-state index in [1.807, 2.05) is 37.3 Å². The number of fused-ring (bicyclic) bond motifs is 1. The first-order chi connectivity index (χ1) is 19.3. The first-order valence-corrected chi connectivity index (χ1v) is 14.2. The van der Waals surface area contributed by atoms with Gasteiger partial charge in [-0.25, -0.2) is 0 Å². The van der Waals surface area contributed by atoms with Gasteiger partial charge in [0.15, 0.2) is 5.78 Å². The van der Waals surface area contributed by atoms with Crippen LogP contribution in [0, 0.1) is 37.2 Å². The molecule has 0 bridgehead atoms. The second-order valence-electron chi connectivity index (χ2n) is 11.9. The van der Waals surface area contributed by atoms with Gasteiger partial charge in [0.2, 0.25) is 0 Å². The second-order valence-corrected chi connectivity index (χ2v) is 11.9. The number of hydrogen-bond donors (Lipinski definition) is 1. The molecule has 0 aliphatic heterocycles. The van der Waals surface area contributed by atoms with Crippen LogP contribution >= 0.6 is 0 Å². The Kier molecular flexibility index (Phi) is 9.56. The van der Waals surface area contributed by atoms with E-state index in [4.69, 9.17) is 9.10 Å². The van der Waals surface area contributed by atoms with Crippen LogP contribution in [0.4, 0.5) is 0 Å². The number of rotatable bonds is 5. The Morgan fingerprint density at radius 3 is 2.33 bits per heavy atom. The number of aliphatic hydroxyl groups excluding tert-OH is 1. The summed E-state index contributed by atoms with van der Waals surface area (Å²) in [5, 5.41) is 10.8. The summed E-state index contributed by atoms with van der Waals surface area (Å²) in [6.45, 7) is 5.67. The Bertz CT molecular complexity index is 1380. The molecule has 0 atom stereocenters. The van der Waals surface area contributed by atoms with E-state index < -0.39 is 12.3 Å². The largest absolute Gasteiger partial charge is 0.512 e. The summed E-state index contributed by atoms with van der Waals surface area (Å²) in [7, 11) is 0. The van der Waals surface area contributed by atoms with Gasteiger partial charge in [0.05, 0.1) is 11.3 Å². The summed E-state index contributed by atoms with van der Waals surface area (Å²) in [6.07, 6.45) is 10.9. The van der Waals surface area contributed by atoms with E-state index in [-0.39, 0.29) is 37.7 Å². The van der Waals surface area contributed by atoms with Crippen molar-refractivity contribution >= 4 is 16.7 Å². The zero-order valence-electron chi connectivity index (χ0n) is 26.8. The second kappa shape index (κ2) is 13.9. The van der Waals surface area contributed by atoms with Crippen molar-refractivity contribution in [3.63, 3.8) is 0 Å². The van der Waals surface area contributed by atoms with Crippen LogP contribution < -0.4 is 0 Å². The van der Waals surface area contributed by atoms with Gasteiger partial charge in [0, 0.05) is 47.5 Å². The summed E-state index contributed by atoms with van der Waals surface area (Å²) >= 11 is 0. The zero-order chi connectivity index (χ0) is 29.8. The quantitative estimate of drug-likeness (QED) is 0.164. The van der Waals surface area contributed by atoms with Crippen LogP contribution in [0.15, 0.2) is 54.3 Å². The number of hydrogen-bond acceptors (Lipinski definition) is 3. The van der Waals surface area contributed by atoms with Crippen molar-refractivity contribution in [2.45, 2.75) is 92.3 Å². The van der Waals surface area contributed by atoms with E-state index in [0.29, 0.717) is 12.2 Å². The number of para-hydroxylation sites is 1. The number of carbonyl (C=O) groups is 1. The van der Waals surface area contributed by atoms with E-state index in [9.17, 15) is 9.90 Å². The van der Waals surface area contributed by atoms with Crippen molar-refractivity contribution in [2.24, 2.45) is 17.3 Å². The maximum atomic E-state index is 11.8. The topological polar surface area (TPSA) is 50.2 Å². The van der Waals surface area contributed by atoms with Gasteiger partial charge < -0.3 is 5.11 Å². The Hall–Kier alpha value is -2.29. The van der Waals surface area contributed by atoms with Gasteiger partial charge in [-0.15, -0.1) is 34.9 Å². The molecule has 0 amide bonds. The minimum atomic E-state index is -2.02. The third-order valence-electron chi connectivity index (χ3n) is 7.68. The number of aliphatic hydroxyl groups is 1. The Labute approximate surface area is 253 Å². The molecule has 0 spiro atoms. The van der Waals surface area contributed by atoms with Crippen LogP contribution in [0.25, 0.3) is 22.2 Å². The van der Waals surface area contributed by atoms with Crippen LogP contribution in [0.1, 0.15) is 92.9 Å². The molecule has 0 unspecified atom stereocenters. The molecule has 39 heavy (non-hydrogen) atoms. The van der Waals surface area contributed by atoms with Crippen molar-refractivity contribution in [3.8, 4) is 11.3 Å².